The fraction of sp³-hybridized carbons (Fsp3) is 0.583. The van der Waals surface area contributed by atoms with E-state index in [1.54, 1.807) is 0 Å². The van der Waals surface area contributed by atoms with E-state index in [-0.39, 0.29) is 6.61 Å². The zero-order chi connectivity index (χ0) is 12.0. The number of hydrogen-bond acceptors (Lipinski definition) is 4. The standard InChI is InChI=1S/C12H21N3O/c1-10(2)15(7-4-8-16)12-6-3-5-11(9-13)14-12/h3,5-6,10,16H,4,7-9,13H2,1-2H3. The lowest BCUT2D eigenvalue weighted by molar-refractivity contribution is 0.288. The number of aliphatic hydroxyl groups is 1. The smallest absolute Gasteiger partial charge is 0.129 e. The number of aliphatic hydroxyl groups excluding tert-OH is 1. The van der Waals surface area contributed by atoms with Gasteiger partial charge >= 0.3 is 0 Å². The van der Waals surface area contributed by atoms with Gasteiger partial charge in [0.15, 0.2) is 0 Å². The molecule has 0 fully saturated rings. The van der Waals surface area contributed by atoms with Crippen molar-refractivity contribution >= 4 is 5.82 Å². The van der Waals surface area contributed by atoms with E-state index in [2.05, 4.69) is 23.7 Å². The van der Waals surface area contributed by atoms with Gasteiger partial charge in [0, 0.05) is 25.7 Å². The summed E-state index contributed by atoms with van der Waals surface area (Å²) in [6.07, 6.45) is 0.757. The van der Waals surface area contributed by atoms with Crippen molar-refractivity contribution < 1.29 is 5.11 Å². The maximum absolute atomic E-state index is 8.88. The van der Waals surface area contributed by atoms with Gasteiger partial charge in [0.05, 0.1) is 5.69 Å². The Balaban J connectivity index is 2.82. The molecule has 4 nitrogen and oxygen atoms in total. The quantitative estimate of drug-likeness (QED) is 0.759. The summed E-state index contributed by atoms with van der Waals surface area (Å²) in [7, 11) is 0. The molecule has 0 amide bonds. The Bertz CT molecular complexity index is 315. The molecule has 0 spiro atoms. The van der Waals surface area contributed by atoms with Gasteiger partial charge in [-0.15, -0.1) is 0 Å². The number of rotatable bonds is 6. The second-order valence-corrected chi connectivity index (χ2v) is 4.06. The van der Waals surface area contributed by atoms with Crippen LogP contribution in [0.3, 0.4) is 0 Å². The molecule has 0 unspecified atom stereocenters. The Kier molecular flexibility index (Phi) is 5.22. The fourth-order valence-electron chi connectivity index (χ4n) is 1.62. The molecule has 1 aromatic heterocycles. The third kappa shape index (κ3) is 3.47. The molecule has 16 heavy (non-hydrogen) atoms. The fourth-order valence-corrected chi connectivity index (χ4v) is 1.62. The van der Waals surface area contributed by atoms with Gasteiger partial charge in [-0.05, 0) is 32.4 Å². The lowest BCUT2D eigenvalue weighted by Gasteiger charge is -2.28. The third-order valence-electron chi connectivity index (χ3n) is 2.48. The summed E-state index contributed by atoms with van der Waals surface area (Å²) in [6, 6.07) is 6.25. The molecule has 0 aromatic carbocycles. The molecule has 0 aliphatic carbocycles. The van der Waals surface area contributed by atoms with Crippen molar-refractivity contribution in [2.45, 2.75) is 32.9 Å². The summed E-state index contributed by atoms with van der Waals surface area (Å²) < 4.78 is 0. The van der Waals surface area contributed by atoms with Crippen LogP contribution in [0.4, 0.5) is 5.82 Å². The molecule has 4 heteroatoms. The summed E-state index contributed by atoms with van der Waals surface area (Å²) in [6.45, 7) is 5.72. The van der Waals surface area contributed by atoms with Gasteiger partial charge < -0.3 is 15.7 Å². The Hall–Kier alpha value is -1.13. The van der Waals surface area contributed by atoms with Crippen molar-refractivity contribution in [2.75, 3.05) is 18.1 Å². The Labute approximate surface area is 97.1 Å². The number of aromatic nitrogens is 1. The summed E-state index contributed by atoms with van der Waals surface area (Å²) in [4.78, 5) is 6.66. The highest BCUT2D eigenvalue weighted by atomic mass is 16.3. The van der Waals surface area contributed by atoms with Gasteiger partial charge in [0.25, 0.3) is 0 Å². The lowest BCUT2D eigenvalue weighted by Crippen LogP contribution is -2.33. The highest BCUT2D eigenvalue weighted by molar-refractivity contribution is 5.40. The van der Waals surface area contributed by atoms with Crippen LogP contribution in [0.5, 0.6) is 0 Å². The number of nitrogens with zero attached hydrogens (tertiary/aromatic N) is 2. The van der Waals surface area contributed by atoms with Crippen LogP contribution in [0.15, 0.2) is 18.2 Å². The predicted octanol–water partition coefficient (Wildman–Crippen LogP) is 1.14. The number of hydrogen-bond donors (Lipinski definition) is 2. The van der Waals surface area contributed by atoms with Crippen molar-refractivity contribution in [1.82, 2.24) is 4.98 Å². The molecule has 1 aromatic rings. The first kappa shape index (κ1) is 12.9. The Morgan fingerprint density at radius 2 is 2.19 bits per heavy atom. The number of pyridine rings is 1. The van der Waals surface area contributed by atoms with Crippen molar-refractivity contribution in [1.29, 1.82) is 0 Å². The van der Waals surface area contributed by atoms with Crippen LogP contribution in [0.1, 0.15) is 26.0 Å². The van der Waals surface area contributed by atoms with Crippen LogP contribution < -0.4 is 10.6 Å². The van der Waals surface area contributed by atoms with E-state index >= 15 is 0 Å². The second kappa shape index (κ2) is 6.45. The highest BCUT2D eigenvalue weighted by Crippen LogP contribution is 2.14. The molecule has 90 valence electrons. The largest absolute Gasteiger partial charge is 0.396 e. The van der Waals surface area contributed by atoms with Gasteiger partial charge in [-0.2, -0.15) is 0 Å². The summed E-state index contributed by atoms with van der Waals surface area (Å²) in [5, 5.41) is 8.88. The van der Waals surface area contributed by atoms with E-state index in [1.807, 2.05) is 18.2 Å². The zero-order valence-electron chi connectivity index (χ0n) is 10.1. The van der Waals surface area contributed by atoms with Crippen molar-refractivity contribution in [3.05, 3.63) is 23.9 Å². The van der Waals surface area contributed by atoms with Crippen molar-refractivity contribution in [3.8, 4) is 0 Å². The average Bonchev–Trinajstić information content (AvgIpc) is 2.29. The van der Waals surface area contributed by atoms with E-state index in [0.29, 0.717) is 12.6 Å². The molecule has 0 saturated carbocycles. The van der Waals surface area contributed by atoms with Gasteiger partial charge in [-0.3, -0.25) is 0 Å². The van der Waals surface area contributed by atoms with Crippen molar-refractivity contribution in [3.63, 3.8) is 0 Å². The first-order chi connectivity index (χ1) is 7.69. The molecule has 1 heterocycles. The highest BCUT2D eigenvalue weighted by Gasteiger charge is 2.11. The van der Waals surface area contributed by atoms with Gasteiger partial charge in [-0.25, -0.2) is 4.98 Å². The van der Waals surface area contributed by atoms with Gasteiger partial charge in [0.1, 0.15) is 5.82 Å². The maximum Gasteiger partial charge on any atom is 0.129 e. The minimum atomic E-state index is 0.208. The molecule has 0 atom stereocenters. The molecular formula is C12H21N3O. The van der Waals surface area contributed by atoms with Gasteiger partial charge in [0.2, 0.25) is 0 Å². The molecule has 3 N–H and O–H groups in total. The normalized spacial score (nSPS) is 10.8. The van der Waals surface area contributed by atoms with Crippen LogP contribution in [0, 0.1) is 0 Å². The molecule has 0 bridgehead atoms. The third-order valence-corrected chi connectivity index (χ3v) is 2.48. The monoisotopic (exact) mass is 223 g/mol. The van der Waals surface area contributed by atoms with Crippen LogP contribution in [0.25, 0.3) is 0 Å². The lowest BCUT2D eigenvalue weighted by atomic mass is 10.2. The first-order valence-corrected chi connectivity index (χ1v) is 5.72. The van der Waals surface area contributed by atoms with E-state index < -0.39 is 0 Å². The Morgan fingerprint density at radius 3 is 2.75 bits per heavy atom. The van der Waals surface area contributed by atoms with E-state index in [1.165, 1.54) is 0 Å². The summed E-state index contributed by atoms with van der Waals surface area (Å²) in [5.74, 6) is 0.936. The first-order valence-electron chi connectivity index (χ1n) is 5.72. The summed E-state index contributed by atoms with van der Waals surface area (Å²) in [5.41, 5.74) is 6.47. The number of anilines is 1. The minimum absolute atomic E-state index is 0.208. The SMILES string of the molecule is CC(C)N(CCCO)c1cccc(CN)n1. The molecule has 0 aliphatic heterocycles. The molecular weight excluding hydrogens is 202 g/mol. The van der Waals surface area contributed by atoms with Crippen LogP contribution in [0.2, 0.25) is 0 Å². The van der Waals surface area contributed by atoms with Crippen LogP contribution >= 0.6 is 0 Å². The van der Waals surface area contributed by atoms with E-state index in [4.69, 9.17) is 10.8 Å². The predicted molar refractivity (Wildman–Crippen MR) is 66.3 cm³/mol. The zero-order valence-corrected chi connectivity index (χ0v) is 10.1. The van der Waals surface area contributed by atoms with Crippen molar-refractivity contribution in [2.24, 2.45) is 5.73 Å². The minimum Gasteiger partial charge on any atom is -0.396 e. The van der Waals surface area contributed by atoms with E-state index in [9.17, 15) is 0 Å². The second-order valence-electron chi connectivity index (χ2n) is 4.06. The maximum atomic E-state index is 8.88. The molecule has 0 aliphatic rings. The van der Waals surface area contributed by atoms with Gasteiger partial charge in [-0.1, -0.05) is 6.07 Å². The Morgan fingerprint density at radius 1 is 1.44 bits per heavy atom. The average molecular weight is 223 g/mol. The van der Waals surface area contributed by atoms with E-state index in [0.717, 1.165) is 24.5 Å². The molecule has 1 rings (SSSR count). The molecule has 0 saturated heterocycles. The van der Waals surface area contributed by atoms with Crippen LogP contribution in [-0.4, -0.2) is 29.3 Å². The summed E-state index contributed by atoms with van der Waals surface area (Å²) >= 11 is 0. The molecule has 0 radical (unpaired) electrons. The number of nitrogens with two attached hydrogens (primary N) is 1. The van der Waals surface area contributed by atoms with Crippen LogP contribution in [-0.2, 0) is 6.54 Å². The topological polar surface area (TPSA) is 62.4 Å².